The molecule has 1 aliphatic rings. The van der Waals surface area contributed by atoms with E-state index in [9.17, 15) is 77.3 Å². The van der Waals surface area contributed by atoms with E-state index in [1.54, 1.807) is 31.2 Å². The molecule has 0 radical (unpaired) electrons. The number of aryl methyl sites for hydroxylation is 1. The largest absolute Gasteiger partial charge is 0.480 e. The van der Waals surface area contributed by atoms with Crippen LogP contribution in [0.4, 0.5) is 0 Å². The third-order valence-electron chi connectivity index (χ3n) is 12.5. The van der Waals surface area contributed by atoms with Crippen LogP contribution in [0.1, 0.15) is 83.3 Å². The molecule has 0 aromatic heterocycles. The number of primary amides is 2. The Balaban J connectivity index is 2.43. The second-order valence-corrected chi connectivity index (χ2v) is 22.5. The third-order valence-corrected chi connectivity index (χ3v) is 15.1. The maximum atomic E-state index is 14.3. The van der Waals surface area contributed by atoms with Crippen molar-refractivity contribution in [3.63, 3.8) is 0 Å². The number of hydrogen-bond acceptors (Lipinski definition) is 21. The average molecular weight is 1230 g/mol. The Morgan fingerprint density at radius 2 is 1.24 bits per heavy atom. The number of ketones is 1. The van der Waals surface area contributed by atoms with Gasteiger partial charge in [-0.2, -0.15) is 0 Å². The lowest BCUT2D eigenvalue weighted by Crippen LogP contribution is -2.63. The van der Waals surface area contributed by atoms with Crippen molar-refractivity contribution in [2.75, 3.05) is 31.9 Å². The fraction of sp³-hybridized carbons (Fsp3) is 0.600. The average Bonchev–Trinajstić information content (AvgIpc) is 3.55. The van der Waals surface area contributed by atoms with Crippen LogP contribution in [0.15, 0.2) is 24.3 Å². The Hall–Kier alpha value is -7.50. The summed E-state index contributed by atoms with van der Waals surface area (Å²) in [6.45, 7) is 4.76. The lowest BCUT2D eigenvalue weighted by molar-refractivity contribution is -0.144. The molecule has 0 bridgehead atoms. The lowest BCUT2D eigenvalue weighted by Gasteiger charge is -2.28. The normalized spacial score (nSPS) is 19.5. The van der Waals surface area contributed by atoms with Crippen LogP contribution in [-0.4, -0.2) is 191 Å². The topological polar surface area (TPSA) is 556 Å². The predicted molar refractivity (Wildman–Crippen MR) is 305 cm³/mol. The number of amides is 12. The van der Waals surface area contributed by atoms with E-state index in [1.807, 2.05) is 0 Å². The summed E-state index contributed by atoms with van der Waals surface area (Å²) < 4.78 is 0. The smallest absolute Gasteiger partial charge is 0.326 e. The van der Waals surface area contributed by atoms with Gasteiger partial charge in [0.25, 0.3) is 0 Å². The molecule has 0 aliphatic carbocycles. The fourth-order valence-corrected chi connectivity index (χ4v) is 9.84. The lowest BCUT2D eigenvalue weighted by atomic mass is 10.0. The Labute approximate surface area is 492 Å². The van der Waals surface area contributed by atoms with Gasteiger partial charge in [0, 0.05) is 51.2 Å². The van der Waals surface area contributed by atoms with E-state index >= 15 is 0 Å². The van der Waals surface area contributed by atoms with Crippen LogP contribution in [-0.2, 0) is 73.5 Å². The summed E-state index contributed by atoms with van der Waals surface area (Å²) in [6, 6.07) is -7.65. The maximum Gasteiger partial charge on any atom is 0.326 e. The van der Waals surface area contributed by atoms with E-state index in [0.29, 0.717) is 5.56 Å². The molecule has 5 unspecified atom stereocenters. The molecule has 34 heteroatoms. The first-order valence-electron chi connectivity index (χ1n) is 26.7. The molecule has 1 aliphatic heterocycles. The summed E-state index contributed by atoms with van der Waals surface area (Å²) in [7, 11) is 1.72. The summed E-state index contributed by atoms with van der Waals surface area (Å²) in [4.78, 5) is 183. The summed E-state index contributed by atoms with van der Waals surface area (Å²) in [5.41, 5.74) is 35.3. The molecular weight excluding hydrogens is 1140 g/mol. The van der Waals surface area contributed by atoms with Crippen molar-refractivity contribution in [3.05, 3.63) is 35.4 Å². The number of aliphatic carboxylic acids is 1. The number of aliphatic hydroxyl groups excluding tert-OH is 1. The number of Topliss-reactive ketones (excluding diaryl/α,β-unsaturated/α-hetero) is 1. The Bertz CT molecular complexity index is 2510. The highest BCUT2D eigenvalue weighted by Gasteiger charge is 2.37. The summed E-state index contributed by atoms with van der Waals surface area (Å²) in [5.74, 6) is -14.3. The minimum Gasteiger partial charge on any atom is -0.480 e. The monoisotopic (exact) mass is 1220 g/mol. The van der Waals surface area contributed by atoms with Gasteiger partial charge in [-0.15, -0.1) is 0 Å². The van der Waals surface area contributed by atoms with Gasteiger partial charge in [0.15, 0.2) is 5.78 Å². The second kappa shape index (κ2) is 36.9. The highest BCUT2D eigenvalue weighted by Crippen LogP contribution is 2.25. The Kier molecular flexibility index (Phi) is 31.9. The highest BCUT2D eigenvalue weighted by molar-refractivity contribution is 8.77. The van der Waals surface area contributed by atoms with Crippen molar-refractivity contribution in [1.82, 2.24) is 53.2 Å². The van der Waals surface area contributed by atoms with Gasteiger partial charge in [0.2, 0.25) is 70.9 Å². The van der Waals surface area contributed by atoms with Crippen LogP contribution in [0.2, 0.25) is 0 Å². The molecule has 1 saturated heterocycles. The van der Waals surface area contributed by atoms with Gasteiger partial charge < -0.3 is 97.8 Å². The SMILES string of the molecule is Cc1ccc(CC(NC(=O)[C@H](CC(N)=O)NC(=O)[C@H](CN)NC(=O)[C@@H](N)CSSC(N)C(=O)CC(N)=O)C(=O)N[C@@H](CN)C(=O)NC2CCCCNC(=O)CCNC(=O)CCC(C(=O)N[C@H](C(=O)O)C(C)C)NC(=O)C([C@@H](C)O)NC2=O)cc1. The van der Waals surface area contributed by atoms with E-state index in [0.717, 1.165) is 34.1 Å². The van der Waals surface area contributed by atoms with Crippen molar-refractivity contribution >= 4 is 104 Å². The van der Waals surface area contributed by atoms with Gasteiger partial charge in [0.1, 0.15) is 53.7 Å². The minimum absolute atomic E-state index is 0.0840. The van der Waals surface area contributed by atoms with Gasteiger partial charge in [-0.25, -0.2) is 4.79 Å². The van der Waals surface area contributed by atoms with Crippen LogP contribution >= 0.6 is 21.6 Å². The quantitative estimate of drug-likeness (QED) is 0.0210. The van der Waals surface area contributed by atoms with Gasteiger partial charge in [-0.05, 0) is 51.0 Å². The van der Waals surface area contributed by atoms with Crippen molar-refractivity contribution in [2.45, 2.75) is 151 Å². The number of rotatable bonds is 28. The summed E-state index contributed by atoms with van der Waals surface area (Å²) in [5, 5.41) is 43.6. The zero-order chi connectivity index (χ0) is 63.4. The maximum absolute atomic E-state index is 14.3. The zero-order valence-electron chi connectivity index (χ0n) is 47.0. The molecule has 468 valence electrons. The Morgan fingerprint density at radius 1 is 0.679 bits per heavy atom. The molecule has 1 aromatic rings. The molecule has 1 aromatic carbocycles. The molecule has 0 saturated carbocycles. The number of carbonyl (C=O) groups is 14. The number of carbonyl (C=O) groups excluding carboxylic acids is 13. The van der Waals surface area contributed by atoms with Crippen LogP contribution in [0.5, 0.6) is 0 Å². The minimum atomic E-state index is -1.83. The fourth-order valence-electron chi connectivity index (χ4n) is 7.69. The number of aliphatic hydroxyl groups is 1. The van der Waals surface area contributed by atoms with Crippen LogP contribution in [0.3, 0.4) is 0 Å². The predicted octanol–water partition coefficient (Wildman–Crippen LogP) is -7.65. The number of hydrogen-bond donors (Lipinski definition) is 18. The number of carboxylic acids is 1. The van der Waals surface area contributed by atoms with E-state index in [-0.39, 0.29) is 50.9 Å². The van der Waals surface area contributed by atoms with Crippen molar-refractivity contribution < 1.29 is 77.3 Å². The van der Waals surface area contributed by atoms with Crippen LogP contribution < -0.4 is 87.6 Å². The molecular formula is C50H80N16O16S2. The molecule has 12 amide bonds. The first-order chi connectivity index (χ1) is 39.5. The first kappa shape index (κ1) is 72.6. The van der Waals surface area contributed by atoms with Crippen molar-refractivity contribution in [3.8, 4) is 0 Å². The number of nitrogens with two attached hydrogens (primary N) is 6. The third kappa shape index (κ3) is 26.4. The Morgan fingerprint density at radius 3 is 1.82 bits per heavy atom. The number of nitrogens with one attached hydrogen (secondary N) is 10. The van der Waals surface area contributed by atoms with Crippen molar-refractivity contribution in [2.24, 2.45) is 40.3 Å². The van der Waals surface area contributed by atoms with Gasteiger partial charge in [0.05, 0.1) is 25.0 Å². The molecule has 2 rings (SSSR count). The van der Waals surface area contributed by atoms with E-state index in [4.69, 9.17) is 34.4 Å². The first-order valence-corrected chi connectivity index (χ1v) is 29.1. The van der Waals surface area contributed by atoms with E-state index in [1.165, 1.54) is 13.8 Å². The molecule has 24 N–H and O–H groups in total. The van der Waals surface area contributed by atoms with E-state index < -0.39 is 193 Å². The number of benzene rings is 1. The highest BCUT2D eigenvalue weighted by atomic mass is 33.1. The van der Waals surface area contributed by atoms with Crippen LogP contribution in [0.25, 0.3) is 0 Å². The van der Waals surface area contributed by atoms with Crippen molar-refractivity contribution in [1.29, 1.82) is 0 Å². The standard InChI is InChI=1S/C50H80N16O16S2/c1-23(2)39(50(81)82)65-44(75)29-12-13-37(71)58-16-14-38(72)57-15-6-5-7-28(43(74)66-40(25(4)67)49(80)60-29)59-47(78)33(21-52)64-45(76)30(17-26-10-8-24(3)9-11-26)61-46(77)31(18-35(54)69)62-48(79)32(20-51)63-42(73)27(53)22-83-84-41(56)34(68)19-36(55)70/h8-11,23,25,27-33,39-41,67H,5-7,12-22,51-53,56H2,1-4H3,(H2,54,69)(H2,55,70)(H,57,72)(H,58,71)(H,59,78)(H,60,80)(H,61,77)(H,62,79)(H,63,73)(H,64,76)(H,65,75)(H,66,74)(H,81,82)/t25-,27+,28?,29?,30?,31+,32+,33+,39+,40?,41?/m1/s1. The second-order valence-electron chi connectivity index (χ2n) is 20.0. The molecule has 11 atom stereocenters. The van der Waals surface area contributed by atoms with Crippen LogP contribution in [0, 0.1) is 12.8 Å². The zero-order valence-corrected chi connectivity index (χ0v) is 48.7. The molecule has 84 heavy (non-hydrogen) atoms. The molecule has 1 fully saturated rings. The van der Waals surface area contributed by atoms with Gasteiger partial charge >= 0.3 is 5.97 Å². The van der Waals surface area contributed by atoms with Gasteiger partial charge in [-0.1, -0.05) is 65.3 Å². The summed E-state index contributed by atoms with van der Waals surface area (Å²) >= 11 is 0. The molecule has 1 heterocycles. The number of carboxylic acid groups (broad SMARTS) is 1. The molecule has 0 spiro atoms. The summed E-state index contributed by atoms with van der Waals surface area (Å²) in [6.07, 6.45) is -4.15. The molecule has 32 nitrogen and oxygen atoms in total. The van der Waals surface area contributed by atoms with Gasteiger partial charge in [-0.3, -0.25) is 62.3 Å². The van der Waals surface area contributed by atoms with E-state index in [2.05, 4.69) is 53.2 Å².